The molecule has 7 heteroatoms. The van der Waals surface area contributed by atoms with Crippen molar-refractivity contribution in [3.05, 3.63) is 23.7 Å². The first kappa shape index (κ1) is 10.4. The summed E-state index contributed by atoms with van der Waals surface area (Å²) in [5.41, 5.74) is 6.10. The van der Waals surface area contributed by atoms with Crippen LogP contribution in [-0.2, 0) is 0 Å². The van der Waals surface area contributed by atoms with Gasteiger partial charge in [-0.15, -0.1) is 10.2 Å². The number of nitrogens with two attached hydrogens (primary N) is 1. The molecule has 2 rings (SSSR count). The lowest BCUT2D eigenvalue weighted by molar-refractivity contribution is 0.429. The van der Waals surface area contributed by atoms with E-state index in [0.717, 1.165) is 0 Å². The van der Waals surface area contributed by atoms with Crippen LogP contribution in [0.1, 0.15) is 11.6 Å². The molecule has 2 aromatic rings. The summed E-state index contributed by atoms with van der Waals surface area (Å²) in [5, 5.41) is 17.2. The molecule has 0 radical (unpaired) electrons. The maximum atomic E-state index is 8.76. The number of pyridine rings is 1. The van der Waals surface area contributed by atoms with Crippen molar-refractivity contribution in [1.82, 2.24) is 15.2 Å². The summed E-state index contributed by atoms with van der Waals surface area (Å²) >= 11 is 1.19. The van der Waals surface area contributed by atoms with Crippen LogP contribution in [0.4, 0.5) is 5.69 Å². The minimum absolute atomic E-state index is 0.196. The van der Waals surface area contributed by atoms with Gasteiger partial charge in [-0.05, 0) is 23.9 Å². The van der Waals surface area contributed by atoms with Crippen LogP contribution in [0.25, 0.3) is 0 Å². The van der Waals surface area contributed by atoms with Crippen molar-refractivity contribution in [2.24, 2.45) is 0 Å². The number of hydrogen-bond donors (Lipinski definition) is 1. The van der Waals surface area contributed by atoms with Gasteiger partial charge in [0.05, 0.1) is 5.69 Å². The molecule has 0 aliphatic rings. The third-order valence-electron chi connectivity index (χ3n) is 1.71. The molecule has 0 amide bonds. The van der Waals surface area contributed by atoms with E-state index in [1.165, 1.54) is 11.8 Å². The van der Waals surface area contributed by atoms with Gasteiger partial charge in [-0.2, -0.15) is 5.26 Å². The highest BCUT2D eigenvalue weighted by Gasteiger charge is 2.08. The van der Waals surface area contributed by atoms with Gasteiger partial charge < -0.3 is 10.2 Å². The van der Waals surface area contributed by atoms with Gasteiger partial charge >= 0.3 is 0 Å². The lowest BCUT2D eigenvalue weighted by Gasteiger charge is -1.98. The highest BCUT2D eigenvalue weighted by Crippen LogP contribution is 2.25. The molecular weight excluding hydrogens is 226 g/mol. The summed E-state index contributed by atoms with van der Waals surface area (Å²) in [5.74, 6) is 0.485. The maximum Gasteiger partial charge on any atom is 0.282 e. The number of hydrogen-bond acceptors (Lipinski definition) is 7. The van der Waals surface area contributed by atoms with Crippen molar-refractivity contribution >= 4 is 17.4 Å². The Bertz CT molecular complexity index is 559. The van der Waals surface area contributed by atoms with E-state index in [1.54, 1.807) is 19.1 Å². The van der Waals surface area contributed by atoms with Gasteiger partial charge in [0.15, 0.2) is 5.69 Å². The van der Waals surface area contributed by atoms with Gasteiger partial charge in [0.1, 0.15) is 11.1 Å². The average Bonchev–Trinajstić information content (AvgIpc) is 2.67. The van der Waals surface area contributed by atoms with E-state index in [-0.39, 0.29) is 5.69 Å². The third-order valence-corrected chi connectivity index (χ3v) is 2.48. The Morgan fingerprint density at radius 3 is 2.88 bits per heavy atom. The van der Waals surface area contributed by atoms with Crippen LogP contribution in [0, 0.1) is 18.3 Å². The first-order valence-corrected chi connectivity index (χ1v) is 5.15. The largest absolute Gasteiger partial charge is 0.416 e. The minimum Gasteiger partial charge on any atom is -0.416 e. The Kier molecular flexibility index (Phi) is 2.74. The Hall–Kier alpha value is -2.07. The summed E-state index contributed by atoms with van der Waals surface area (Å²) in [6.45, 7) is 1.70. The van der Waals surface area contributed by atoms with Gasteiger partial charge in [0.2, 0.25) is 5.89 Å². The number of anilines is 1. The maximum absolute atomic E-state index is 8.76. The fourth-order valence-corrected chi connectivity index (χ4v) is 1.70. The Morgan fingerprint density at radius 1 is 1.44 bits per heavy atom. The zero-order valence-corrected chi connectivity index (χ0v) is 9.15. The van der Waals surface area contributed by atoms with E-state index < -0.39 is 0 Å². The van der Waals surface area contributed by atoms with Gasteiger partial charge in [-0.1, -0.05) is 0 Å². The summed E-state index contributed by atoms with van der Waals surface area (Å²) in [4.78, 5) is 4.04. The fourth-order valence-electron chi connectivity index (χ4n) is 1.01. The molecular formula is C9H7N5OS. The molecule has 0 aliphatic heterocycles. The van der Waals surface area contributed by atoms with Crippen molar-refractivity contribution in [2.45, 2.75) is 17.2 Å². The molecule has 2 N–H and O–H groups in total. The van der Waals surface area contributed by atoms with Gasteiger partial charge in [0, 0.05) is 6.92 Å². The number of nitriles is 1. The Balaban J connectivity index is 2.26. The second kappa shape index (κ2) is 4.20. The summed E-state index contributed by atoms with van der Waals surface area (Å²) in [6.07, 6.45) is 0. The molecule has 0 saturated heterocycles. The molecule has 0 aromatic carbocycles. The second-order valence-corrected chi connectivity index (χ2v) is 3.86. The van der Waals surface area contributed by atoms with E-state index in [2.05, 4.69) is 15.2 Å². The summed E-state index contributed by atoms with van der Waals surface area (Å²) < 4.78 is 5.18. The van der Waals surface area contributed by atoms with Crippen LogP contribution in [0.3, 0.4) is 0 Å². The SMILES string of the molecule is Cc1nnc(Sc2ccc(N)c(C#N)n2)o1. The molecule has 0 saturated carbocycles. The van der Waals surface area contributed by atoms with Crippen molar-refractivity contribution in [3.8, 4) is 6.07 Å². The van der Waals surface area contributed by atoms with Crippen molar-refractivity contribution < 1.29 is 4.42 Å². The smallest absolute Gasteiger partial charge is 0.282 e. The average molecular weight is 233 g/mol. The van der Waals surface area contributed by atoms with E-state index in [9.17, 15) is 0 Å². The molecule has 0 spiro atoms. The molecule has 2 aromatic heterocycles. The Morgan fingerprint density at radius 2 is 2.25 bits per heavy atom. The highest BCUT2D eigenvalue weighted by atomic mass is 32.2. The summed E-state index contributed by atoms with van der Waals surface area (Å²) in [7, 11) is 0. The lowest BCUT2D eigenvalue weighted by atomic mass is 10.3. The quantitative estimate of drug-likeness (QED) is 0.835. The van der Waals surface area contributed by atoms with E-state index in [0.29, 0.717) is 21.8 Å². The zero-order valence-electron chi connectivity index (χ0n) is 8.34. The lowest BCUT2D eigenvalue weighted by Crippen LogP contribution is -1.94. The monoisotopic (exact) mass is 233 g/mol. The van der Waals surface area contributed by atoms with Crippen LogP contribution in [0.15, 0.2) is 26.8 Å². The molecule has 0 bridgehead atoms. The molecule has 6 nitrogen and oxygen atoms in total. The molecule has 0 unspecified atom stereocenters. The van der Waals surface area contributed by atoms with Crippen LogP contribution in [-0.4, -0.2) is 15.2 Å². The number of aromatic nitrogens is 3. The summed E-state index contributed by atoms with van der Waals surface area (Å²) in [6, 6.07) is 5.23. The topological polar surface area (TPSA) is 102 Å². The fraction of sp³-hybridized carbons (Fsp3) is 0.111. The van der Waals surface area contributed by atoms with Gasteiger partial charge in [0.25, 0.3) is 5.22 Å². The second-order valence-electron chi connectivity index (χ2n) is 2.89. The van der Waals surface area contributed by atoms with E-state index in [4.69, 9.17) is 15.4 Å². The molecule has 0 aliphatic carbocycles. The van der Waals surface area contributed by atoms with Crippen molar-refractivity contribution in [1.29, 1.82) is 5.26 Å². The number of nitrogens with zero attached hydrogens (tertiary/aromatic N) is 4. The van der Waals surface area contributed by atoms with Crippen molar-refractivity contribution in [3.63, 3.8) is 0 Å². The van der Waals surface area contributed by atoms with Gasteiger partial charge in [-0.25, -0.2) is 4.98 Å². The standard InChI is InChI=1S/C9H7N5OS/c1-5-13-14-9(15-5)16-8-3-2-6(11)7(4-10)12-8/h2-3H,11H2,1H3. The molecule has 0 fully saturated rings. The van der Waals surface area contributed by atoms with Crippen LogP contribution in [0.2, 0.25) is 0 Å². The molecule has 16 heavy (non-hydrogen) atoms. The van der Waals surface area contributed by atoms with E-state index >= 15 is 0 Å². The predicted molar refractivity (Wildman–Crippen MR) is 56.5 cm³/mol. The number of aryl methyl sites for hydroxylation is 1. The first-order chi connectivity index (χ1) is 7.69. The normalized spacial score (nSPS) is 10.0. The Labute approximate surface area is 95.5 Å². The first-order valence-electron chi connectivity index (χ1n) is 4.33. The molecule has 80 valence electrons. The highest BCUT2D eigenvalue weighted by molar-refractivity contribution is 7.99. The van der Waals surface area contributed by atoms with Crippen molar-refractivity contribution in [2.75, 3.05) is 5.73 Å². The molecule has 2 heterocycles. The van der Waals surface area contributed by atoms with E-state index in [1.807, 2.05) is 6.07 Å². The minimum atomic E-state index is 0.196. The predicted octanol–water partition coefficient (Wildman–Crippen LogP) is 1.38. The molecule has 0 atom stereocenters. The van der Waals surface area contributed by atoms with Gasteiger partial charge in [-0.3, -0.25) is 0 Å². The number of nitrogen functional groups attached to an aromatic ring is 1. The number of rotatable bonds is 2. The third kappa shape index (κ3) is 2.12. The van der Waals surface area contributed by atoms with Crippen LogP contribution < -0.4 is 5.73 Å². The zero-order chi connectivity index (χ0) is 11.5. The van der Waals surface area contributed by atoms with Crippen LogP contribution in [0.5, 0.6) is 0 Å². The van der Waals surface area contributed by atoms with Crippen LogP contribution >= 0.6 is 11.8 Å².